The third-order valence-electron chi connectivity index (χ3n) is 3.69. The van der Waals surface area contributed by atoms with Crippen LogP contribution in [0.25, 0.3) is 10.9 Å². The number of nitrogens with one attached hydrogen (secondary N) is 2. The molecule has 19 heavy (non-hydrogen) atoms. The van der Waals surface area contributed by atoms with Gasteiger partial charge in [-0.05, 0) is 43.5 Å². The number of hydrogen-bond donors (Lipinski definition) is 2. The van der Waals surface area contributed by atoms with E-state index in [-0.39, 0.29) is 0 Å². The highest BCUT2D eigenvalue weighted by molar-refractivity contribution is 5.93. The molecule has 102 valence electrons. The maximum atomic E-state index is 5.47. The van der Waals surface area contributed by atoms with Crippen LogP contribution in [-0.2, 0) is 6.42 Å². The molecule has 4 nitrogen and oxygen atoms in total. The molecular formula is C15H20N2O2. The molecule has 0 aliphatic heterocycles. The number of aromatic amines is 1. The van der Waals surface area contributed by atoms with Crippen LogP contribution in [0.4, 0.5) is 0 Å². The van der Waals surface area contributed by atoms with E-state index in [1.165, 1.54) is 18.4 Å². The van der Waals surface area contributed by atoms with Gasteiger partial charge >= 0.3 is 0 Å². The quantitative estimate of drug-likeness (QED) is 0.838. The Morgan fingerprint density at radius 1 is 1.21 bits per heavy atom. The number of ether oxygens (including phenoxy) is 2. The second-order valence-electron chi connectivity index (χ2n) is 5.01. The number of hydrogen-bond acceptors (Lipinski definition) is 3. The molecule has 3 rings (SSSR count). The van der Waals surface area contributed by atoms with Crippen LogP contribution in [0.5, 0.6) is 11.5 Å². The minimum atomic E-state index is 0.752. The second kappa shape index (κ2) is 5.13. The lowest BCUT2D eigenvalue weighted by Gasteiger charge is -2.08. The van der Waals surface area contributed by atoms with E-state index >= 15 is 0 Å². The fraction of sp³-hybridized carbons (Fsp3) is 0.467. The van der Waals surface area contributed by atoms with E-state index in [0.717, 1.165) is 41.4 Å². The van der Waals surface area contributed by atoms with Crippen LogP contribution in [0.1, 0.15) is 18.4 Å². The van der Waals surface area contributed by atoms with Crippen molar-refractivity contribution < 1.29 is 9.47 Å². The lowest BCUT2D eigenvalue weighted by atomic mass is 10.1. The lowest BCUT2D eigenvalue weighted by molar-refractivity contribution is 0.410. The summed E-state index contributed by atoms with van der Waals surface area (Å²) in [6.45, 7) is 1.01. The van der Waals surface area contributed by atoms with Gasteiger partial charge in [0.15, 0.2) is 0 Å². The van der Waals surface area contributed by atoms with Crippen molar-refractivity contribution in [1.29, 1.82) is 0 Å². The minimum absolute atomic E-state index is 0.752. The molecule has 0 radical (unpaired) electrons. The van der Waals surface area contributed by atoms with E-state index in [1.807, 2.05) is 12.1 Å². The van der Waals surface area contributed by atoms with Gasteiger partial charge in [-0.15, -0.1) is 0 Å². The van der Waals surface area contributed by atoms with Crippen LogP contribution < -0.4 is 14.8 Å². The monoisotopic (exact) mass is 260 g/mol. The van der Waals surface area contributed by atoms with E-state index in [1.54, 1.807) is 14.2 Å². The molecule has 0 unspecified atom stereocenters. The Kier molecular flexibility index (Phi) is 3.34. The standard InChI is InChI=1S/C15H20N2O2/c1-18-12-5-6-13(19-2)15-14(12)10(9-17-15)7-8-16-11-3-4-11/h5-6,9,11,16-17H,3-4,7-8H2,1-2H3. The Balaban J connectivity index is 1.89. The first-order valence-corrected chi connectivity index (χ1v) is 6.78. The Hall–Kier alpha value is -1.68. The summed E-state index contributed by atoms with van der Waals surface area (Å²) in [6, 6.07) is 4.65. The van der Waals surface area contributed by atoms with E-state index in [0.29, 0.717) is 0 Å². The molecule has 1 saturated carbocycles. The van der Waals surface area contributed by atoms with Gasteiger partial charge in [0, 0.05) is 17.6 Å². The van der Waals surface area contributed by atoms with Crippen molar-refractivity contribution in [3.8, 4) is 11.5 Å². The van der Waals surface area contributed by atoms with Crippen molar-refractivity contribution in [1.82, 2.24) is 10.3 Å². The molecule has 2 N–H and O–H groups in total. The minimum Gasteiger partial charge on any atom is -0.496 e. The third kappa shape index (κ3) is 2.40. The maximum Gasteiger partial charge on any atom is 0.143 e. The zero-order valence-corrected chi connectivity index (χ0v) is 11.5. The number of benzene rings is 1. The Morgan fingerprint density at radius 3 is 2.63 bits per heavy atom. The van der Waals surface area contributed by atoms with Crippen molar-refractivity contribution in [2.75, 3.05) is 20.8 Å². The number of aromatic nitrogens is 1. The van der Waals surface area contributed by atoms with Crippen LogP contribution >= 0.6 is 0 Å². The fourth-order valence-corrected chi connectivity index (χ4v) is 2.49. The first kappa shape index (κ1) is 12.4. The van der Waals surface area contributed by atoms with Gasteiger partial charge in [0.1, 0.15) is 11.5 Å². The maximum absolute atomic E-state index is 5.47. The molecule has 0 bridgehead atoms. The van der Waals surface area contributed by atoms with Crippen molar-refractivity contribution in [3.63, 3.8) is 0 Å². The molecule has 0 saturated heterocycles. The molecule has 1 aromatic carbocycles. The summed E-state index contributed by atoms with van der Waals surface area (Å²) in [4.78, 5) is 3.30. The number of fused-ring (bicyclic) bond motifs is 1. The van der Waals surface area contributed by atoms with Gasteiger partial charge in [-0.3, -0.25) is 0 Å². The largest absolute Gasteiger partial charge is 0.496 e. The Labute approximate surface area is 113 Å². The van der Waals surface area contributed by atoms with Crippen LogP contribution in [0.15, 0.2) is 18.3 Å². The predicted octanol–water partition coefficient (Wildman–Crippen LogP) is 2.48. The summed E-state index contributed by atoms with van der Waals surface area (Å²) in [5.41, 5.74) is 2.29. The van der Waals surface area contributed by atoms with Crippen molar-refractivity contribution in [3.05, 3.63) is 23.9 Å². The van der Waals surface area contributed by atoms with Gasteiger partial charge < -0.3 is 19.8 Å². The summed E-state index contributed by atoms with van der Waals surface area (Å²) in [5.74, 6) is 1.76. The predicted molar refractivity (Wildman–Crippen MR) is 76.1 cm³/mol. The number of methoxy groups -OCH3 is 2. The summed E-state index contributed by atoms with van der Waals surface area (Å²) in [6.07, 6.45) is 5.71. The van der Waals surface area contributed by atoms with Crippen LogP contribution in [0, 0.1) is 0 Å². The van der Waals surface area contributed by atoms with Crippen LogP contribution in [0.3, 0.4) is 0 Å². The van der Waals surface area contributed by atoms with E-state index in [4.69, 9.17) is 9.47 Å². The molecule has 1 aliphatic rings. The summed E-state index contributed by atoms with van der Waals surface area (Å²) >= 11 is 0. The average molecular weight is 260 g/mol. The van der Waals surface area contributed by atoms with Gasteiger partial charge in [0.2, 0.25) is 0 Å². The normalized spacial score (nSPS) is 14.8. The molecule has 0 amide bonds. The molecule has 1 aliphatic carbocycles. The van der Waals surface area contributed by atoms with Gasteiger partial charge in [0.05, 0.1) is 19.7 Å². The topological polar surface area (TPSA) is 46.3 Å². The Bertz CT molecular complexity index is 573. The first-order chi connectivity index (χ1) is 9.33. The van der Waals surface area contributed by atoms with Crippen molar-refractivity contribution in [2.24, 2.45) is 0 Å². The fourth-order valence-electron chi connectivity index (χ4n) is 2.49. The van der Waals surface area contributed by atoms with Gasteiger partial charge in [0.25, 0.3) is 0 Å². The summed E-state index contributed by atoms with van der Waals surface area (Å²) < 4.78 is 10.9. The zero-order chi connectivity index (χ0) is 13.2. The average Bonchev–Trinajstić information content (AvgIpc) is 3.17. The Morgan fingerprint density at radius 2 is 1.95 bits per heavy atom. The first-order valence-electron chi connectivity index (χ1n) is 6.78. The molecule has 0 spiro atoms. The molecule has 4 heteroatoms. The van der Waals surface area contributed by atoms with Crippen molar-refractivity contribution in [2.45, 2.75) is 25.3 Å². The van der Waals surface area contributed by atoms with Gasteiger partial charge in [-0.1, -0.05) is 0 Å². The van der Waals surface area contributed by atoms with Crippen LogP contribution in [0.2, 0.25) is 0 Å². The highest BCUT2D eigenvalue weighted by atomic mass is 16.5. The number of H-pyrrole nitrogens is 1. The van der Waals surface area contributed by atoms with Crippen molar-refractivity contribution >= 4 is 10.9 Å². The molecule has 2 aromatic rings. The summed E-state index contributed by atoms with van der Waals surface area (Å²) in [5, 5.41) is 4.68. The highest BCUT2D eigenvalue weighted by Gasteiger charge is 2.20. The van der Waals surface area contributed by atoms with E-state index in [9.17, 15) is 0 Å². The highest BCUT2D eigenvalue weighted by Crippen LogP contribution is 2.35. The zero-order valence-electron chi connectivity index (χ0n) is 11.5. The van der Waals surface area contributed by atoms with E-state index in [2.05, 4.69) is 16.5 Å². The van der Waals surface area contributed by atoms with Gasteiger partial charge in [-0.2, -0.15) is 0 Å². The number of rotatable bonds is 6. The third-order valence-corrected chi connectivity index (χ3v) is 3.69. The molecule has 1 aromatic heterocycles. The smallest absolute Gasteiger partial charge is 0.143 e. The summed E-state index contributed by atoms with van der Waals surface area (Å²) in [7, 11) is 3.40. The lowest BCUT2D eigenvalue weighted by Crippen LogP contribution is -2.19. The van der Waals surface area contributed by atoms with E-state index < -0.39 is 0 Å². The van der Waals surface area contributed by atoms with Crippen LogP contribution in [-0.4, -0.2) is 31.8 Å². The molecule has 1 heterocycles. The van der Waals surface area contributed by atoms with Gasteiger partial charge in [-0.25, -0.2) is 0 Å². The molecule has 0 atom stereocenters. The molecular weight excluding hydrogens is 240 g/mol. The molecule has 1 fully saturated rings. The SMILES string of the molecule is COc1ccc(OC)c2c(CCNC3CC3)c[nH]c12. The second-order valence-corrected chi connectivity index (χ2v) is 5.01.